The van der Waals surface area contributed by atoms with E-state index in [9.17, 15) is 5.11 Å². The zero-order chi connectivity index (χ0) is 11.1. The van der Waals surface area contributed by atoms with Gasteiger partial charge in [-0.25, -0.2) is 0 Å². The maximum Gasteiger partial charge on any atom is 0.116 e. The molecule has 0 radical (unpaired) electrons. The monoisotopic (exact) mass is 203 g/mol. The number of phenolic OH excluding ortho intramolecular Hbond substituents is 1. The molecule has 1 aliphatic heterocycles. The number of aromatic hydroxyl groups is 1. The van der Waals surface area contributed by atoms with Gasteiger partial charge in [0.05, 0.1) is 5.54 Å². The number of allylic oxidation sites excluding steroid dienone is 1. The maximum absolute atomic E-state index is 9.48. The summed E-state index contributed by atoms with van der Waals surface area (Å²) in [5.41, 5.74) is 3.52. The lowest BCUT2D eigenvalue weighted by Gasteiger charge is -2.32. The highest BCUT2D eigenvalue weighted by Gasteiger charge is 2.23. The van der Waals surface area contributed by atoms with E-state index in [2.05, 4.69) is 32.2 Å². The van der Waals surface area contributed by atoms with Gasteiger partial charge in [0.15, 0.2) is 0 Å². The minimum atomic E-state index is -0.00465. The van der Waals surface area contributed by atoms with E-state index in [4.69, 9.17) is 0 Å². The third-order valence-corrected chi connectivity index (χ3v) is 2.72. The summed E-state index contributed by atoms with van der Waals surface area (Å²) < 4.78 is 0. The van der Waals surface area contributed by atoms with Gasteiger partial charge in [0, 0.05) is 11.3 Å². The molecule has 0 saturated carbocycles. The number of fused-ring (bicyclic) bond motifs is 1. The van der Waals surface area contributed by atoms with Crippen LogP contribution >= 0.6 is 0 Å². The molecule has 1 aliphatic rings. The molecule has 1 heterocycles. The molecule has 0 spiro atoms. The Morgan fingerprint density at radius 1 is 1.33 bits per heavy atom. The van der Waals surface area contributed by atoms with Crippen molar-refractivity contribution in [2.24, 2.45) is 0 Å². The predicted octanol–water partition coefficient (Wildman–Crippen LogP) is 3.39. The van der Waals surface area contributed by atoms with Crippen molar-refractivity contribution in [2.45, 2.75) is 32.7 Å². The summed E-state index contributed by atoms with van der Waals surface area (Å²) in [5.74, 6) is 0.328. The van der Waals surface area contributed by atoms with Crippen LogP contribution in [-0.2, 0) is 0 Å². The van der Waals surface area contributed by atoms with Crippen LogP contribution in [0.25, 0.3) is 5.57 Å². The minimum Gasteiger partial charge on any atom is -0.508 e. The Hall–Kier alpha value is -1.44. The van der Waals surface area contributed by atoms with Crippen molar-refractivity contribution < 1.29 is 5.11 Å². The third-order valence-electron chi connectivity index (χ3n) is 2.72. The van der Waals surface area contributed by atoms with Crippen LogP contribution in [0.3, 0.4) is 0 Å². The largest absolute Gasteiger partial charge is 0.508 e. The van der Waals surface area contributed by atoms with Gasteiger partial charge in [-0.05, 0) is 44.0 Å². The predicted molar refractivity (Wildman–Crippen MR) is 64.1 cm³/mol. The first-order valence-corrected chi connectivity index (χ1v) is 5.35. The van der Waals surface area contributed by atoms with Crippen LogP contribution in [-0.4, -0.2) is 10.6 Å². The first-order chi connectivity index (χ1) is 7.02. The minimum absolute atomic E-state index is 0.00465. The molecule has 2 nitrogen and oxygen atoms in total. The average molecular weight is 203 g/mol. The summed E-state index contributed by atoms with van der Waals surface area (Å²) in [5, 5.41) is 12.9. The molecule has 2 N–H and O–H groups in total. The third kappa shape index (κ3) is 1.84. The quantitative estimate of drug-likeness (QED) is 0.686. The van der Waals surface area contributed by atoms with Gasteiger partial charge in [0.2, 0.25) is 0 Å². The van der Waals surface area contributed by atoms with Crippen LogP contribution in [0.5, 0.6) is 5.75 Å². The number of hydrogen-bond acceptors (Lipinski definition) is 2. The van der Waals surface area contributed by atoms with Crippen LogP contribution in [0.4, 0.5) is 5.69 Å². The van der Waals surface area contributed by atoms with E-state index in [1.165, 1.54) is 5.57 Å². The topological polar surface area (TPSA) is 32.3 Å². The fourth-order valence-electron chi connectivity index (χ4n) is 2.10. The SMILES string of the molecule is CCC1=CC(C)(C)Nc2ccc(O)cc21. The first-order valence-electron chi connectivity index (χ1n) is 5.35. The molecule has 0 fully saturated rings. The summed E-state index contributed by atoms with van der Waals surface area (Å²) >= 11 is 0. The number of nitrogens with one attached hydrogen (secondary N) is 1. The summed E-state index contributed by atoms with van der Waals surface area (Å²) in [6.07, 6.45) is 3.22. The molecule has 80 valence electrons. The van der Waals surface area contributed by atoms with Crippen LogP contribution < -0.4 is 5.32 Å². The zero-order valence-electron chi connectivity index (χ0n) is 9.46. The summed E-state index contributed by atoms with van der Waals surface area (Å²) in [6.45, 7) is 6.44. The van der Waals surface area contributed by atoms with E-state index < -0.39 is 0 Å². The Balaban J connectivity index is 2.56. The molecular formula is C13H17NO. The van der Waals surface area contributed by atoms with E-state index in [0.717, 1.165) is 17.7 Å². The zero-order valence-corrected chi connectivity index (χ0v) is 9.46. The molecule has 1 aromatic rings. The van der Waals surface area contributed by atoms with Gasteiger partial charge in [-0.2, -0.15) is 0 Å². The molecule has 1 aromatic carbocycles. The van der Waals surface area contributed by atoms with Gasteiger partial charge in [-0.15, -0.1) is 0 Å². The number of rotatable bonds is 1. The van der Waals surface area contributed by atoms with E-state index in [1.54, 1.807) is 6.07 Å². The number of hydrogen-bond donors (Lipinski definition) is 2. The van der Waals surface area contributed by atoms with Gasteiger partial charge in [-0.1, -0.05) is 13.0 Å². The Labute approximate surface area is 90.6 Å². The van der Waals surface area contributed by atoms with E-state index >= 15 is 0 Å². The van der Waals surface area contributed by atoms with Gasteiger partial charge in [0.1, 0.15) is 5.75 Å². The van der Waals surface area contributed by atoms with Crippen molar-refractivity contribution in [3.63, 3.8) is 0 Å². The molecular weight excluding hydrogens is 186 g/mol. The van der Waals surface area contributed by atoms with Crippen molar-refractivity contribution in [2.75, 3.05) is 5.32 Å². The van der Waals surface area contributed by atoms with Crippen LogP contribution in [0, 0.1) is 0 Å². The second-order valence-corrected chi connectivity index (χ2v) is 4.60. The summed E-state index contributed by atoms with van der Waals surface area (Å²) in [6, 6.07) is 5.49. The Kier molecular flexibility index (Phi) is 2.22. The van der Waals surface area contributed by atoms with Gasteiger partial charge >= 0.3 is 0 Å². The molecule has 2 rings (SSSR count). The number of anilines is 1. The van der Waals surface area contributed by atoms with E-state index in [-0.39, 0.29) is 5.54 Å². The normalized spacial score (nSPS) is 17.7. The highest BCUT2D eigenvalue weighted by molar-refractivity contribution is 5.81. The fourth-order valence-corrected chi connectivity index (χ4v) is 2.10. The van der Waals surface area contributed by atoms with Crippen molar-refractivity contribution in [3.8, 4) is 5.75 Å². The first kappa shape index (κ1) is 10.1. The van der Waals surface area contributed by atoms with Gasteiger partial charge < -0.3 is 10.4 Å². The molecule has 0 atom stereocenters. The van der Waals surface area contributed by atoms with E-state index in [0.29, 0.717) is 5.75 Å². The lowest BCUT2D eigenvalue weighted by atomic mass is 9.89. The van der Waals surface area contributed by atoms with Crippen molar-refractivity contribution >= 4 is 11.3 Å². The second kappa shape index (κ2) is 3.30. The molecule has 2 heteroatoms. The summed E-state index contributed by atoms with van der Waals surface area (Å²) in [7, 11) is 0. The highest BCUT2D eigenvalue weighted by atomic mass is 16.3. The molecule has 0 aliphatic carbocycles. The van der Waals surface area contributed by atoms with Crippen LogP contribution in [0.15, 0.2) is 24.3 Å². The summed E-state index contributed by atoms with van der Waals surface area (Å²) in [4.78, 5) is 0. The van der Waals surface area contributed by atoms with Crippen molar-refractivity contribution in [1.82, 2.24) is 0 Å². The second-order valence-electron chi connectivity index (χ2n) is 4.60. The van der Waals surface area contributed by atoms with Crippen molar-refractivity contribution in [1.29, 1.82) is 0 Å². The Morgan fingerprint density at radius 3 is 2.73 bits per heavy atom. The molecule has 15 heavy (non-hydrogen) atoms. The lowest BCUT2D eigenvalue weighted by Crippen LogP contribution is -2.31. The molecule has 0 bridgehead atoms. The van der Waals surface area contributed by atoms with Crippen molar-refractivity contribution in [3.05, 3.63) is 29.8 Å². The number of benzene rings is 1. The van der Waals surface area contributed by atoms with Gasteiger partial charge in [-0.3, -0.25) is 0 Å². The average Bonchev–Trinajstić information content (AvgIpc) is 2.16. The van der Waals surface area contributed by atoms with E-state index in [1.807, 2.05) is 12.1 Å². The molecule has 0 unspecified atom stereocenters. The molecule has 0 aromatic heterocycles. The highest BCUT2D eigenvalue weighted by Crippen LogP contribution is 2.36. The van der Waals surface area contributed by atoms with Gasteiger partial charge in [0.25, 0.3) is 0 Å². The molecule has 0 amide bonds. The Morgan fingerprint density at radius 2 is 2.07 bits per heavy atom. The Bertz CT molecular complexity index is 419. The maximum atomic E-state index is 9.48. The number of phenols is 1. The molecule has 0 saturated heterocycles. The van der Waals surface area contributed by atoms with Crippen LogP contribution in [0.1, 0.15) is 32.8 Å². The van der Waals surface area contributed by atoms with Crippen LogP contribution in [0.2, 0.25) is 0 Å². The lowest BCUT2D eigenvalue weighted by molar-refractivity contribution is 0.475. The smallest absolute Gasteiger partial charge is 0.116 e. The fraction of sp³-hybridized carbons (Fsp3) is 0.385. The standard InChI is InChI=1S/C13H17NO/c1-4-9-8-13(2,3)14-12-6-5-10(15)7-11(9)12/h5-8,14-15H,4H2,1-3H3.